The van der Waals surface area contributed by atoms with Crippen molar-refractivity contribution < 1.29 is 0 Å². The summed E-state index contributed by atoms with van der Waals surface area (Å²) >= 11 is 0. The predicted octanol–water partition coefficient (Wildman–Crippen LogP) is 2.57. The molecule has 1 heterocycles. The fourth-order valence-corrected chi connectivity index (χ4v) is 1.82. The van der Waals surface area contributed by atoms with Crippen molar-refractivity contribution in [3.63, 3.8) is 0 Å². The van der Waals surface area contributed by atoms with Gasteiger partial charge in [-0.25, -0.2) is 9.97 Å². The number of benzene rings is 1. The number of hydrogen-bond donors (Lipinski definition) is 1. The van der Waals surface area contributed by atoms with Crippen LogP contribution >= 0.6 is 0 Å². The first kappa shape index (κ1) is 11.7. The maximum absolute atomic E-state index is 4.09. The third kappa shape index (κ3) is 3.11. The van der Waals surface area contributed by atoms with Gasteiger partial charge in [0.15, 0.2) is 0 Å². The zero-order chi connectivity index (χ0) is 11.9. The summed E-state index contributed by atoms with van der Waals surface area (Å²) in [6.07, 6.45) is 6.41. The second-order valence-corrected chi connectivity index (χ2v) is 3.97. The molecule has 1 N–H and O–H groups in total. The van der Waals surface area contributed by atoms with Crippen LogP contribution in [0.1, 0.15) is 30.5 Å². The smallest absolute Gasteiger partial charge is 0.115 e. The van der Waals surface area contributed by atoms with Gasteiger partial charge in [-0.1, -0.05) is 37.3 Å². The second-order valence-electron chi connectivity index (χ2n) is 3.97. The van der Waals surface area contributed by atoms with Gasteiger partial charge in [0.05, 0.1) is 6.04 Å². The standard InChI is InChI=1S/C14H17N3/c1-2-8-17-14(12-6-4-3-5-7-12)13-9-15-11-16-10-13/h3-7,9-11,14,17H,2,8H2,1H3. The molecule has 2 aromatic rings. The molecule has 0 aliphatic carbocycles. The molecule has 1 aromatic carbocycles. The highest BCUT2D eigenvalue weighted by molar-refractivity contribution is 5.28. The lowest BCUT2D eigenvalue weighted by atomic mass is 10.0. The molecule has 0 saturated heterocycles. The Morgan fingerprint density at radius 3 is 2.41 bits per heavy atom. The zero-order valence-electron chi connectivity index (χ0n) is 10.0. The Bertz CT molecular complexity index is 388. The molecule has 1 unspecified atom stereocenters. The first-order valence-corrected chi connectivity index (χ1v) is 5.95. The fourth-order valence-electron chi connectivity index (χ4n) is 1.82. The van der Waals surface area contributed by atoms with Crippen LogP contribution in [0.2, 0.25) is 0 Å². The van der Waals surface area contributed by atoms with Gasteiger partial charge in [0.1, 0.15) is 6.33 Å². The molecule has 3 heteroatoms. The van der Waals surface area contributed by atoms with E-state index in [2.05, 4.69) is 46.5 Å². The molecule has 0 fully saturated rings. The second kappa shape index (κ2) is 6.11. The van der Waals surface area contributed by atoms with E-state index in [1.807, 2.05) is 18.5 Å². The van der Waals surface area contributed by atoms with Crippen LogP contribution < -0.4 is 5.32 Å². The maximum atomic E-state index is 4.09. The monoisotopic (exact) mass is 227 g/mol. The summed E-state index contributed by atoms with van der Waals surface area (Å²) in [5.41, 5.74) is 2.35. The topological polar surface area (TPSA) is 37.8 Å². The normalized spacial score (nSPS) is 12.3. The van der Waals surface area contributed by atoms with Gasteiger partial charge in [0.2, 0.25) is 0 Å². The van der Waals surface area contributed by atoms with Gasteiger partial charge in [-0.15, -0.1) is 0 Å². The van der Waals surface area contributed by atoms with Gasteiger partial charge >= 0.3 is 0 Å². The Kier molecular flexibility index (Phi) is 4.22. The summed E-state index contributed by atoms with van der Waals surface area (Å²) in [6.45, 7) is 3.14. The molecule has 0 aliphatic heterocycles. The predicted molar refractivity (Wildman–Crippen MR) is 68.6 cm³/mol. The summed E-state index contributed by atoms with van der Waals surface area (Å²) in [5, 5.41) is 3.52. The molecule has 0 aliphatic rings. The SMILES string of the molecule is CCCNC(c1ccccc1)c1cncnc1. The van der Waals surface area contributed by atoms with Crippen molar-refractivity contribution in [2.24, 2.45) is 0 Å². The summed E-state index contributed by atoms with van der Waals surface area (Å²) in [6, 6.07) is 10.6. The minimum Gasteiger partial charge on any atom is -0.306 e. The van der Waals surface area contributed by atoms with E-state index in [0.717, 1.165) is 18.5 Å². The summed E-state index contributed by atoms with van der Waals surface area (Å²) < 4.78 is 0. The zero-order valence-corrected chi connectivity index (χ0v) is 10.0. The van der Waals surface area contributed by atoms with E-state index in [4.69, 9.17) is 0 Å². The molecular formula is C14H17N3. The highest BCUT2D eigenvalue weighted by atomic mass is 14.9. The van der Waals surface area contributed by atoms with Crippen LogP contribution in [0.5, 0.6) is 0 Å². The van der Waals surface area contributed by atoms with E-state index in [-0.39, 0.29) is 6.04 Å². The molecule has 0 amide bonds. The van der Waals surface area contributed by atoms with Crippen LogP contribution in [0.4, 0.5) is 0 Å². The van der Waals surface area contributed by atoms with Crippen LogP contribution in [0.15, 0.2) is 49.1 Å². The van der Waals surface area contributed by atoms with Gasteiger partial charge in [-0.3, -0.25) is 0 Å². The van der Waals surface area contributed by atoms with Crippen LogP contribution in [-0.4, -0.2) is 16.5 Å². The molecular weight excluding hydrogens is 210 g/mol. The van der Waals surface area contributed by atoms with Crippen molar-refractivity contribution in [2.75, 3.05) is 6.54 Å². The largest absolute Gasteiger partial charge is 0.306 e. The van der Waals surface area contributed by atoms with E-state index in [9.17, 15) is 0 Å². The summed E-state index contributed by atoms with van der Waals surface area (Å²) in [5.74, 6) is 0. The van der Waals surface area contributed by atoms with E-state index in [1.54, 1.807) is 6.33 Å². The molecule has 0 saturated carbocycles. The molecule has 1 aromatic heterocycles. The summed E-state index contributed by atoms with van der Waals surface area (Å²) in [7, 11) is 0. The number of rotatable bonds is 5. The van der Waals surface area contributed by atoms with Gasteiger partial charge < -0.3 is 5.32 Å². The van der Waals surface area contributed by atoms with Gasteiger partial charge in [-0.2, -0.15) is 0 Å². The lowest BCUT2D eigenvalue weighted by molar-refractivity contribution is 0.595. The van der Waals surface area contributed by atoms with E-state index >= 15 is 0 Å². The average Bonchev–Trinajstić information content (AvgIpc) is 2.42. The fraction of sp³-hybridized carbons (Fsp3) is 0.286. The molecule has 3 nitrogen and oxygen atoms in total. The van der Waals surface area contributed by atoms with E-state index in [0.29, 0.717) is 0 Å². The number of aromatic nitrogens is 2. The van der Waals surface area contributed by atoms with Crippen molar-refractivity contribution in [3.05, 3.63) is 60.2 Å². The Morgan fingerprint density at radius 1 is 1.06 bits per heavy atom. The van der Waals surface area contributed by atoms with Crippen LogP contribution in [0.3, 0.4) is 0 Å². The Balaban J connectivity index is 2.26. The first-order valence-electron chi connectivity index (χ1n) is 5.95. The number of nitrogens with one attached hydrogen (secondary N) is 1. The van der Waals surface area contributed by atoms with Gasteiger partial charge in [0, 0.05) is 18.0 Å². The quantitative estimate of drug-likeness (QED) is 0.853. The highest BCUT2D eigenvalue weighted by Crippen LogP contribution is 2.20. The third-order valence-corrected chi connectivity index (χ3v) is 2.65. The lowest BCUT2D eigenvalue weighted by Gasteiger charge is -2.18. The number of hydrogen-bond acceptors (Lipinski definition) is 3. The van der Waals surface area contributed by atoms with Gasteiger partial charge in [0.25, 0.3) is 0 Å². The van der Waals surface area contributed by atoms with Crippen LogP contribution in [0.25, 0.3) is 0 Å². The van der Waals surface area contributed by atoms with E-state index in [1.165, 1.54) is 5.56 Å². The van der Waals surface area contributed by atoms with Crippen molar-refractivity contribution in [3.8, 4) is 0 Å². The molecule has 88 valence electrons. The van der Waals surface area contributed by atoms with Crippen molar-refractivity contribution in [1.82, 2.24) is 15.3 Å². The first-order chi connectivity index (χ1) is 8.42. The molecule has 0 bridgehead atoms. The van der Waals surface area contributed by atoms with E-state index < -0.39 is 0 Å². The van der Waals surface area contributed by atoms with Crippen molar-refractivity contribution >= 4 is 0 Å². The number of nitrogens with zero attached hydrogens (tertiary/aromatic N) is 2. The minimum atomic E-state index is 0.178. The van der Waals surface area contributed by atoms with Crippen LogP contribution in [-0.2, 0) is 0 Å². The third-order valence-electron chi connectivity index (χ3n) is 2.65. The lowest BCUT2D eigenvalue weighted by Crippen LogP contribution is -2.23. The maximum Gasteiger partial charge on any atom is 0.115 e. The molecule has 0 radical (unpaired) electrons. The van der Waals surface area contributed by atoms with Crippen molar-refractivity contribution in [1.29, 1.82) is 0 Å². The minimum absolute atomic E-state index is 0.178. The Hall–Kier alpha value is -1.74. The van der Waals surface area contributed by atoms with Crippen molar-refractivity contribution in [2.45, 2.75) is 19.4 Å². The van der Waals surface area contributed by atoms with Gasteiger partial charge in [-0.05, 0) is 18.5 Å². The highest BCUT2D eigenvalue weighted by Gasteiger charge is 2.12. The molecule has 0 spiro atoms. The molecule has 17 heavy (non-hydrogen) atoms. The molecule has 2 rings (SSSR count). The Labute approximate surface area is 102 Å². The summed E-state index contributed by atoms with van der Waals surface area (Å²) in [4.78, 5) is 8.18. The molecule has 1 atom stereocenters. The average molecular weight is 227 g/mol. The van der Waals surface area contributed by atoms with Crippen LogP contribution in [0, 0.1) is 0 Å². The Morgan fingerprint density at radius 2 is 1.76 bits per heavy atom.